The van der Waals surface area contributed by atoms with Crippen LogP contribution in [0.3, 0.4) is 0 Å². The molecule has 0 bridgehead atoms. The van der Waals surface area contributed by atoms with Crippen LogP contribution in [0.4, 0.5) is 4.39 Å². The first-order chi connectivity index (χ1) is 8.11. The lowest BCUT2D eigenvalue weighted by molar-refractivity contribution is 0.0580. The molecule has 1 aromatic rings. The summed E-state index contributed by atoms with van der Waals surface area (Å²) < 4.78 is 19.0. The SMILES string of the molecule is N[C@H](c1ccc(Br)c(F)c1O)C1CCOCC1. The van der Waals surface area contributed by atoms with Gasteiger partial charge in [-0.1, -0.05) is 6.07 Å². The van der Waals surface area contributed by atoms with Crippen molar-refractivity contribution in [3.05, 3.63) is 28.0 Å². The van der Waals surface area contributed by atoms with Gasteiger partial charge in [0.05, 0.1) is 4.47 Å². The van der Waals surface area contributed by atoms with Gasteiger partial charge >= 0.3 is 0 Å². The number of phenolic OH excluding ortho intramolecular Hbond substituents is 1. The maximum atomic E-state index is 13.5. The van der Waals surface area contributed by atoms with Crippen LogP contribution < -0.4 is 5.73 Å². The van der Waals surface area contributed by atoms with E-state index in [2.05, 4.69) is 15.9 Å². The van der Waals surface area contributed by atoms with Gasteiger partial charge in [-0.3, -0.25) is 0 Å². The van der Waals surface area contributed by atoms with Crippen LogP contribution in [0, 0.1) is 11.7 Å². The molecule has 3 nitrogen and oxygen atoms in total. The van der Waals surface area contributed by atoms with Gasteiger partial charge in [0, 0.05) is 24.8 Å². The molecule has 1 saturated heterocycles. The normalized spacial score (nSPS) is 19.2. The molecule has 0 spiro atoms. The van der Waals surface area contributed by atoms with Crippen molar-refractivity contribution in [3.8, 4) is 5.75 Å². The Morgan fingerprint density at radius 2 is 2.06 bits per heavy atom. The fourth-order valence-corrected chi connectivity index (χ4v) is 2.47. The van der Waals surface area contributed by atoms with E-state index in [1.807, 2.05) is 0 Å². The fourth-order valence-electron chi connectivity index (χ4n) is 2.15. The van der Waals surface area contributed by atoms with Gasteiger partial charge in [0.1, 0.15) is 0 Å². The second-order valence-electron chi connectivity index (χ2n) is 4.27. The van der Waals surface area contributed by atoms with E-state index in [0.29, 0.717) is 18.8 Å². The molecule has 17 heavy (non-hydrogen) atoms. The standard InChI is InChI=1S/C12H15BrFNO2/c13-9-2-1-8(12(16)10(9)14)11(15)7-3-5-17-6-4-7/h1-2,7,11,16H,3-6,15H2/t11-/m0/s1. The first-order valence-electron chi connectivity index (χ1n) is 5.61. The maximum Gasteiger partial charge on any atom is 0.179 e. The fraction of sp³-hybridized carbons (Fsp3) is 0.500. The molecule has 0 amide bonds. The molecule has 0 aromatic heterocycles. The van der Waals surface area contributed by atoms with Crippen molar-refractivity contribution in [1.29, 1.82) is 0 Å². The van der Waals surface area contributed by atoms with Crippen LogP contribution in [0.1, 0.15) is 24.4 Å². The summed E-state index contributed by atoms with van der Waals surface area (Å²) in [6, 6.07) is 2.90. The Labute approximate surface area is 108 Å². The molecule has 2 rings (SSSR count). The summed E-state index contributed by atoms with van der Waals surface area (Å²) in [5.41, 5.74) is 6.56. The van der Waals surface area contributed by atoms with Crippen molar-refractivity contribution in [1.82, 2.24) is 0 Å². The third-order valence-corrected chi connectivity index (χ3v) is 3.85. The summed E-state index contributed by atoms with van der Waals surface area (Å²) in [7, 11) is 0. The minimum Gasteiger partial charge on any atom is -0.505 e. The van der Waals surface area contributed by atoms with Crippen molar-refractivity contribution in [2.75, 3.05) is 13.2 Å². The highest BCUT2D eigenvalue weighted by molar-refractivity contribution is 9.10. The highest BCUT2D eigenvalue weighted by Crippen LogP contribution is 2.36. The Bertz CT molecular complexity index is 408. The smallest absolute Gasteiger partial charge is 0.179 e. The third-order valence-electron chi connectivity index (χ3n) is 3.23. The Morgan fingerprint density at radius 1 is 1.41 bits per heavy atom. The van der Waals surface area contributed by atoms with Crippen molar-refractivity contribution in [2.24, 2.45) is 11.7 Å². The van der Waals surface area contributed by atoms with E-state index in [0.717, 1.165) is 12.8 Å². The molecule has 1 atom stereocenters. The zero-order valence-electron chi connectivity index (χ0n) is 9.33. The summed E-state index contributed by atoms with van der Waals surface area (Å²) in [4.78, 5) is 0. The van der Waals surface area contributed by atoms with Crippen LogP contribution in [-0.4, -0.2) is 18.3 Å². The van der Waals surface area contributed by atoms with Gasteiger partial charge in [-0.2, -0.15) is 0 Å². The molecule has 1 aliphatic rings. The minimum atomic E-state index is -0.648. The number of ether oxygens (including phenoxy) is 1. The van der Waals surface area contributed by atoms with E-state index in [9.17, 15) is 9.50 Å². The largest absolute Gasteiger partial charge is 0.505 e. The predicted molar refractivity (Wildman–Crippen MR) is 66.2 cm³/mol. The molecular weight excluding hydrogens is 289 g/mol. The predicted octanol–water partition coefficient (Wildman–Crippen LogP) is 2.72. The van der Waals surface area contributed by atoms with Crippen molar-refractivity contribution in [2.45, 2.75) is 18.9 Å². The number of nitrogens with two attached hydrogens (primary N) is 1. The number of aromatic hydroxyl groups is 1. The van der Waals surface area contributed by atoms with Crippen LogP contribution >= 0.6 is 15.9 Å². The Balaban J connectivity index is 2.24. The lowest BCUT2D eigenvalue weighted by Crippen LogP contribution is -2.27. The van der Waals surface area contributed by atoms with Crippen molar-refractivity contribution in [3.63, 3.8) is 0 Å². The molecule has 0 radical (unpaired) electrons. The second-order valence-corrected chi connectivity index (χ2v) is 5.13. The molecule has 0 saturated carbocycles. The molecular formula is C12H15BrFNO2. The number of hydrogen-bond acceptors (Lipinski definition) is 3. The Morgan fingerprint density at radius 3 is 2.71 bits per heavy atom. The van der Waals surface area contributed by atoms with Gasteiger partial charge in [-0.15, -0.1) is 0 Å². The summed E-state index contributed by atoms with van der Waals surface area (Å²) >= 11 is 3.03. The molecule has 1 fully saturated rings. The van der Waals surface area contributed by atoms with E-state index in [4.69, 9.17) is 10.5 Å². The summed E-state index contributed by atoms with van der Waals surface area (Å²) in [5, 5.41) is 9.76. The molecule has 1 aliphatic heterocycles. The quantitative estimate of drug-likeness (QED) is 0.883. The van der Waals surface area contributed by atoms with E-state index in [-0.39, 0.29) is 22.2 Å². The Hall–Kier alpha value is -0.650. The first kappa shape index (κ1) is 12.8. The Kier molecular flexibility index (Phi) is 4.01. The molecule has 1 aromatic carbocycles. The highest BCUT2D eigenvalue weighted by atomic mass is 79.9. The molecule has 1 heterocycles. The molecule has 94 valence electrons. The minimum absolute atomic E-state index is 0.232. The summed E-state index contributed by atoms with van der Waals surface area (Å²) in [5.74, 6) is -0.765. The van der Waals surface area contributed by atoms with E-state index >= 15 is 0 Å². The van der Waals surface area contributed by atoms with Crippen LogP contribution in [0.5, 0.6) is 5.75 Å². The van der Waals surface area contributed by atoms with Gasteiger partial charge in [0.15, 0.2) is 11.6 Å². The lowest BCUT2D eigenvalue weighted by Gasteiger charge is -2.28. The topological polar surface area (TPSA) is 55.5 Å². The maximum absolute atomic E-state index is 13.5. The number of rotatable bonds is 2. The second kappa shape index (κ2) is 5.33. The van der Waals surface area contributed by atoms with Gasteiger partial charge in [-0.05, 0) is 40.8 Å². The molecule has 0 unspecified atom stereocenters. The number of hydrogen-bond donors (Lipinski definition) is 2. The average molecular weight is 304 g/mol. The van der Waals surface area contributed by atoms with Crippen molar-refractivity contribution < 1.29 is 14.2 Å². The van der Waals surface area contributed by atoms with Gasteiger partial charge < -0.3 is 15.6 Å². The zero-order chi connectivity index (χ0) is 12.4. The van der Waals surface area contributed by atoms with Crippen LogP contribution in [0.2, 0.25) is 0 Å². The summed E-state index contributed by atoms with van der Waals surface area (Å²) in [6.07, 6.45) is 1.69. The van der Waals surface area contributed by atoms with E-state index in [1.54, 1.807) is 12.1 Å². The van der Waals surface area contributed by atoms with Gasteiger partial charge in [-0.25, -0.2) is 4.39 Å². The van der Waals surface area contributed by atoms with Crippen LogP contribution in [0.15, 0.2) is 16.6 Å². The van der Waals surface area contributed by atoms with E-state index in [1.165, 1.54) is 0 Å². The summed E-state index contributed by atoms with van der Waals surface area (Å²) in [6.45, 7) is 1.36. The molecule has 5 heteroatoms. The van der Waals surface area contributed by atoms with Crippen molar-refractivity contribution >= 4 is 15.9 Å². The third kappa shape index (κ3) is 2.61. The number of benzene rings is 1. The van der Waals surface area contributed by atoms with Gasteiger partial charge in [0.2, 0.25) is 0 Å². The molecule has 3 N–H and O–H groups in total. The van der Waals surface area contributed by atoms with Crippen LogP contribution in [-0.2, 0) is 4.74 Å². The van der Waals surface area contributed by atoms with Gasteiger partial charge in [0.25, 0.3) is 0 Å². The lowest BCUT2D eigenvalue weighted by atomic mass is 9.87. The monoisotopic (exact) mass is 303 g/mol. The highest BCUT2D eigenvalue weighted by Gasteiger charge is 2.25. The number of halogens is 2. The number of phenols is 1. The van der Waals surface area contributed by atoms with E-state index < -0.39 is 5.82 Å². The first-order valence-corrected chi connectivity index (χ1v) is 6.40. The average Bonchev–Trinajstić information content (AvgIpc) is 2.36. The zero-order valence-corrected chi connectivity index (χ0v) is 10.9. The molecule has 0 aliphatic carbocycles. The van der Waals surface area contributed by atoms with Crippen LogP contribution in [0.25, 0.3) is 0 Å².